The van der Waals surface area contributed by atoms with E-state index < -0.39 is 24.5 Å². The van der Waals surface area contributed by atoms with Gasteiger partial charge in [0.15, 0.2) is 6.61 Å². The molecule has 1 N–H and O–H groups in total. The summed E-state index contributed by atoms with van der Waals surface area (Å²) in [4.78, 5) is 37.6. The van der Waals surface area contributed by atoms with Crippen LogP contribution in [-0.4, -0.2) is 31.1 Å². The Morgan fingerprint density at radius 1 is 1.07 bits per heavy atom. The van der Waals surface area contributed by atoms with Crippen molar-refractivity contribution in [3.63, 3.8) is 0 Å². The molecule has 3 aromatic rings. The van der Waals surface area contributed by atoms with Crippen molar-refractivity contribution in [1.82, 2.24) is 0 Å². The topological polar surface area (TPSA) is 94.8 Å². The third-order valence-electron chi connectivity index (χ3n) is 3.91. The first kappa shape index (κ1) is 20.3. The van der Waals surface area contributed by atoms with Crippen LogP contribution >= 0.6 is 11.3 Å². The molecule has 0 spiro atoms. The molecule has 0 radical (unpaired) electrons. The largest absolute Gasteiger partial charge is 0.462 e. The van der Waals surface area contributed by atoms with Gasteiger partial charge in [-0.3, -0.25) is 4.79 Å². The van der Waals surface area contributed by atoms with Crippen LogP contribution in [0.3, 0.4) is 0 Å². The van der Waals surface area contributed by atoms with Gasteiger partial charge < -0.3 is 19.2 Å². The number of carbonyl (C=O) groups is 3. The quantitative estimate of drug-likeness (QED) is 0.581. The third kappa shape index (κ3) is 4.91. The number of ether oxygens (including phenoxy) is 2. The molecule has 0 aliphatic rings. The van der Waals surface area contributed by atoms with Crippen LogP contribution in [0, 0.1) is 6.92 Å². The number of esters is 2. The second-order valence-electron chi connectivity index (χ2n) is 6.00. The number of aryl methyl sites for hydroxylation is 1. The van der Waals surface area contributed by atoms with E-state index in [2.05, 4.69) is 5.32 Å². The van der Waals surface area contributed by atoms with E-state index >= 15 is 0 Å². The van der Waals surface area contributed by atoms with Crippen LogP contribution < -0.4 is 5.32 Å². The highest BCUT2D eigenvalue weighted by atomic mass is 32.1. The van der Waals surface area contributed by atoms with Gasteiger partial charge in [-0.25, -0.2) is 9.59 Å². The number of furan rings is 1. The standard InChI is InChI=1S/C21H19NO6S/c1-3-26-21(25)19-15(11-16(29-19)14-7-5-4-6-8-14)22-17(23)12-28-20(24)18-13(2)9-10-27-18/h4-11H,3,12H2,1-2H3,(H,22,23). The Kier molecular flexibility index (Phi) is 6.46. The lowest BCUT2D eigenvalue weighted by Crippen LogP contribution is -2.21. The molecule has 1 amide bonds. The molecule has 2 heterocycles. The summed E-state index contributed by atoms with van der Waals surface area (Å²) < 4.78 is 15.1. The van der Waals surface area contributed by atoms with Crippen molar-refractivity contribution in [2.24, 2.45) is 0 Å². The Bertz CT molecular complexity index is 1020. The molecule has 0 saturated heterocycles. The predicted octanol–water partition coefficient (Wildman–Crippen LogP) is 4.29. The molecule has 0 atom stereocenters. The van der Waals surface area contributed by atoms with E-state index in [9.17, 15) is 14.4 Å². The minimum atomic E-state index is -0.733. The van der Waals surface area contributed by atoms with Crippen LogP contribution in [0.5, 0.6) is 0 Å². The van der Waals surface area contributed by atoms with Gasteiger partial charge in [0.05, 0.1) is 18.6 Å². The second kappa shape index (κ2) is 9.20. The first-order valence-electron chi connectivity index (χ1n) is 8.87. The van der Waals surface area contributed by atoms with Gasteiger partial charge in [0.25, 0.3) is 5.91 Å². The summed E-state index contributed by atoms with van der Waals surface area (Å²) in [6.07, 6.45) is 1.37. The molecule has 3 rings (SSSR count). The van der Waals surface area contributed by atoms with E-state index in [1.54, 1.807) is 26.0 Å². The molecular formula is C21H19NO6S. The Morgan fingerprint density at radius 2 is 1.83 bits per heavy atom. The summed E-state index contributed by atoms with van der Waals surface area (Å²) in [6, 6.07) is 12.8. The van der Waals surface area contributed by atoms with E-state index in [-0.39, 0.29) is 17.2 Å². The van der Waals surface area contributed by atoms with Gasteiger partial charge in [-0.2, -0.15) is 0 Å². The van der Waals surface area contributed by atoms with Gasteiger partial charge in [-0.05, 0) is 31.5 Å². The van der Waals surface area contributed by atoms with E-state index in [1.165, 1.54) is 17.6 Å². The maximum atomic E-state index is 12.3. The van der Waals surface area contributed by atoms with Crippen LogP contribution in [0.1, 0.15) is 32.7 Å². The van der Waals surface area contributed by atoms with Crippen molar-refractivity contribution < 1.29 is 28.3 Å². The van der Waals surface area contributed by atoms with Crippen LogP contribution in [0.4, 0.5) is 5.69 Å². The van der Waals surface area contributed by atoms with Gasteiger partial charge in [-0.15, -0.1) is 11.3 Å². The Hall–Kier alpha value is -3.39. The summed E-state index contributed by atoms with van der Waals surface area (Å²) in [7, 11) is 0. The summed E-state index contributed by atoms with van der Waals surface area (Å²) in [5.41, 5.74) is 1.83. The molecule has 0 aliphatic heterocycles. The summed E-state index contributed by atoms with van der Waals surface area (Å²) >= 11 is 1.21. The average molecular weight is 413 g/mol. The number of carbonyl (C=O) groups excluding carboxylic acids is 3. The van der Waals surface area contributed by atoms with Gasteiger partial charge in [0.2, 0.25) is 5.76 Å². The Balaban J connectivity index is 1.73. The summed E-state index contributed by atoms with van der Waals surface area (Å²) in [5.74, 6) is -1.79. The van der Waals surface area contributed by atoms with Crippen molar-refractivity contribution in [1.29, 1.82) is 0 Å². The summed E-state index contributed by atoms with van der Waals surface area (Å²) in [6.45, 7) is 3.10. The van der Waals surface area contributed by atoms with Crippen LogP contribution in [-0.2, 0) is 14.3 Å². The number of rotatable bonds is 7. The number of anilines is 1. The molecule has 0 unspecified atom stereocenters. The highest BCUT2D eigenvalue weighted by molar-refractivity contribution is 7.18. The minimum absolute atomic E-state index is 0.0481. The van der Waals surface area contributed by atoms with Gasteiger partial charge in [0, 0.05) is 10.4 Å². The molecule has 7 nitrogen and oxygen atoms in total. The molecule has 0 saturated carbocycles. The minimum Gasteiger partial charge on any atom is -0.462 e. The fourth-order valence-electron chi connectivity index (χ4n) is 2.54. The monoisotopic (exact) mass is 413 g/mol. The fraction of sp³-hybridized carbons (Fsp3) is 0.190. The zero-order valence-electron chi connectivity index (χ0n) is 15.9. The van der Waals surface area contributed by atoms with Gasteiger partial charge in [-0.1, -0.05) is 30.3 Å². The SMILES string of the molecule is CCOC(=O)c1sc(-c2ccccc2)cc1NC(=O)COC(=O)c1occc1C. The number of hydrogen-bond donors (Lipinski definition) is 1. The molecule has 8 heteroatoms. The van der Waals surface area contributed by atoms with Crippen LogP contribution in [0.2, 0.25) is 0 Å². The van der Waals surface area contributed by atoms with Crippen molar-refractivity contribution in [3.8, 4) is 10.4 Å². The highest BCUT2D eigenvalue weighted by Crippen LogP contribution is 2.35. The average Bonchev–Trinajstić information content (AvgIpc) is 3.33. The third-order valence-corrected chi connectivity index (χ3v) is 5.07. The first-order valence-corrected chi connectivity index (χ1v) is 9.68. The van der Waals surface area contributed by atoms with Gasteiger partial charge >= 0.3 is 11.9 Å². The number of amides is 1. The maximum absolute atomic E-state index is 12.3. The molecule has 0 fully saturated rings. The highest BCUT2D eigenvalue weighted by Gasteiger charge is 2.21. The Labute approximate surface area is 171 Å². The van der Waals surface area contributed by atoms with Crippen molar-refractivity contribution in [3.05, 3.63) is 64.9 Å². The number of nitrogens with one attached hydrogen (secondary N) is 1. The number of hydrogen-bond acceptors (Lipinski definition) is 7. The van der Waals surface area contributed by atoms with Crippen LogP contribution in [0.25, 0.3) is 10.4 Å². The lowest BCUT2D eigenvalue weighted by atomic mass is 10.2. The molecule has 2 aromatic heterocycles. The number of benzene rings is 1. The second-order valence-corrected chi connectivity index (χ2v) is 7.05. The lowest BCUT2D eigenvalue weighted by Gasteiger charge is -2.07. The molecule has 29 heavy (non-hydrogen) atoms. The number of thiophene rings is 1. The first-order chi connectivity index (χ1) is 14.0. The van der Waals surface area contributed by atoms with Crippen molar-refractivity contribution >= 4 is 34.9 Å². The predicted molar refractivity (Wildman–Crippen MR) is 108 cm³/mol. The Morgan fingerprint density at radius 3 is 2.48 bits per heavy atom. The van der Waals surface area contributed by atoms with Crippen molar-refractivity contribution in [2.45, 2.75) is 13.8 Å². The maximum Gasteiger partial charge on any atom is 0.375 e. The van der Waals surface area contributed by atoms with Gasteiger partial charge in [0.1, 0.15) is 4.88 Å². The zero-order valence-corrected chi connectivity index (χ0v) is 16.7. The molecular weight excluding hydrogens is 394 g/mol. The van der Waals surface area contributed by atoms with E-state index in [1.807, 2.05) is 30.3 Å². The van der Waals surface area contributed by atoms with Crippen molar-refractivity contribution in [2.75, 3.05) is 18.5 Å². The summed E-state index contributed by atoms with van der Waals surface area (Å²) in [5, 5.41) is 2.62. The van der Waals surface area contributed by atoms with Crippen LogP contribution in [0.15, 0.2) is 53.1 Å². The van der Waals surface area contributed by atoms with E-state index in [4.69, 9.17) is 13.9 Å². The normalized spacial score (nSPS) is 10.4. The fourth-order valence-corrected chi connectivity index (χ4v) is 3.55. The zero-order chi connectivity index (χ0) is 20.8. The molecule has 0 bridgehead atoms. The molecule has 1 aromatic carbocycles. The molecule has 0 aliphatic carbocycles. The smallest absolute Gasteiger partial charge is 0.375 e. The van der Waals surface area contributed by atoms with E-state index in [0.717, 1.165) is 10.4 Å². The van der Waals surface area contributed by atoms with E-state index in [0.29, 0.717) is 11.3 Å². The molecule has 150 valence electrons. The lowest BCUT2D eigenvalue weighted by molar-refractivity contribution is -0.119.